The summed E-state index contributed by atoms with van der Waals surface area (Å²) in [5.41, 5.74) is 2.94. The van der Waals surface area contributed by atoms with E-state index in [9.17, 15) is 22.8 Å². The van der Waals surface area contributed by atoms with Crippen LogP contribution in [0.4, 0.5) is 15.5 Å². The molecule has 2 aliphatic rings. The Morgan fingerprint density at radius 1 is 0.976 bits per heavy atom. The molecule has 10 nitrogen and oxygen atoms in total. The molecule has 0 saturated heterocycles. The predicted octanol–water partition coefficient (Wildman–Crippen LogP) is 4.40. The summed E-state index contributed by atoms with van der Waals surface area (Å²) < 4.78 is 33.0. The number of aryl methyl sites for hydroxylation is 1. The van der Waals surface area contributed by atoms with Gasteiger partial charge in [0.2, 0.25) is 0 Å². The van der Waals surface area contributed by atoms with Crippen molar-refractivity contribution in [2.24, 2.45) is 0 Å². The predicted molar refractivity (Wildman–Crippen MR) is 157 cm³/mol. The molecule has 0 radical (unpaired) electrons. The van der Waals surface area contributed by atoms with Gasteiger partial charge in [0.1, 0.15) is 5.00 Å². The van der Waals surface area contributed by atoms with E-state index in [-0.39, 0.29) is 16.0 Å². The van der Waals surface area contributed by atoms with E-state index in [2.05, 4.69) is 34.1 Å². The summed E-state index contributed by atoms with van der Waals surface area (Å²) in [6.07, 6.45) is 1.25. The Labute approximate surface area is 243 Å². The summed E-state index contributed by atoms with van der Waals surface area (Å²) in [6.45, 7) is 5.94. The first-order valence-corrected chi connectivity index (χ1v) is 15.7. The number of amides is 3. The Morgan fingerprint density at radius 2 is 1.71 bits per heavy atom. The third-order valence-electron chi connectivity index (χ3n) is 7.44. The van der Waals surface area contributed by atoms with Crippen molar-refractivity contribution in [3.8, 4) is 0 Å². The largest absolute Gasteiger partial charge is 0.453 e. The van der Waals surface area contributed by atoms with Gasteiger partial charge in [-0.15, -0.1) is 11.3 Å². The number of ether oxygens (including phenoxy) is 1. The maximum absolute atomic E-state index is 13.5. The fourth-order valence-electron chi connectivity index (χ4n) is 5.23. The molecule has 0 bridgehead atoms. The fourth-order valence-corrected chi connectivity index (χ4v) is 8.03. The number of benzene rings is 2. The first-order valence-electron chi connectivity index (χ1n) is 13.4. The summed E-state index contributed by atoms with van der Waals surface area (Å²) in [4.78, 5) is 41.4. The van der Waals surface area contributed by atoms with Gasteiger partial charge in [-0.2, -0.15) is 0 Å². The van der Waals surface area contributed by atoms with Crippen LogP contribution in [0, 0.1) is 0 Å². The molecule has 0 atom stereocenters. The molecule has 2 aromatic carbocycles. The Hall–Kier alpha value is -3.74. The van der Waals surface area contributed by atoms with Crippen molar-refractivity contribution >= 4 is 50.0 Å². The Balaban J connectivity index is 1.39. The quantitative estimate of drug-likeness (QED) is 0.432. The molecule has 5 rings (SSSR count). The molecule has 0 aliphatic carbocycles. The van der Waals surface area contributed by atoms with Crippen molar-refractivity contribution in [1.29, 1.82) is 0 Å². The number of hydrogen-bond acceptors (Lipinski definition) is 8. The van der Waals surface area contributed by atoms with Gasteiger partial charge in [0.15, 0.2) is 0 Å². The minimum absolute atomic E-state index is 0.0873. The number of para-hydroxylation sites is 1. The first kappa shape index (κ1) is 28.8. The molecule has 0 saturated carbocycles. The van der Waals surface area contributed by atoms with E-state index >= 15 is 0 Å². The van der Waals surface area contributed by atoms with Gasteiger partial charge in [0, 0.05) is 36.1 Å². The van der Waals surface area contributed by atoms with E-state index in [1.165, 1.54) is 47.0 Å². The van der Waals surface area contributed by atoms with Crippen LogP contribution in [0.5, 0.6) is 0 Å². The minimum atomic E-state index is -3.82. The maximum Gasteiger partial charge on any atom is 0.413 e. The van der Waals surface area contributed by atoms with Crippen molar-refractivity contribution in [3.05, 3.63) is 75.7 Å². The molecule has 0 unspecified atom stereocenters. The summed E-state index contributed by atoms with van der Waals surface area (Å²) in [7, 11) is -2.65. The van der Waals surface area contributed by atoms with Gasteiger partial charge in [0.25, 0.3) is 21.8 Å². The fraction of sp³-hybridized carbons (Fsp3) is 0.345. The van der Waals surface area contributed by atoms with E-state index in [1.807, 2.05) is 24.3 Å². The van der Waals surface area contributed by atoms with Gasteiger partial charge in [0.05, 0.1) is 23.3 Å². The molecule has 0 spiro atoms. The molecular formula is C29H32N4O6S2. The highest BCUT2D eigenvalue weighted by Crippen LogP contribution is 2.38. The number of anilines is 2. The molecule has 2 aliphatic heterocycles. The van der Waals surface area contributed by atoms with Gasteiger partial charge in [-0.25, -0.2) is 13.2 Å². The Morgan fingerprint density at radius 3 is 2.41 bits per heavy atom. The van der Waals surface area contributed by atoms with Gasteiger partial charge < -0.3 is 10.1 Å². The third kappa shape index (κ3) is 5.72. The monoisotopic (exact) mass is 596 g/mol. The average Bonchev–Trinajstić information content (AvgIpc) is 3.33. The summed E-state index contributed by atoms with van der Waals surface area (Å²) in [5, 5.41) is 5.35. The van der Waals surface area contributed by atoms with Gasteiger partial charge in [-0.1, -0.05) is 18.2 Å². The number of sulfonamides is 1. The van der Waals surface area contributed by atoms with E-state index in [4.69, 9.17) is 0 Å². The number of nitrogens with one attached hydrogen (secondary N) is 2. The molecular weight excluding hydrogens is 564 g/mol. The Bertz CT molecular complexity index is 1600. The van der Waals surface area contributed by atoms with E-state index in [0.29, 0.717) is 36.2 Å². The topological polar surface area (TPSA) is 125 Å². The summed E-state index contributed by atoms with van der Waals surface area (Å²) in [5.74, 6) is -1.14. The van der Waals surface area contributed by atoms with Crippen molar-refractivity contribution in [2.75, 3.05) is 29.8 Å². The highest BCUT2D eigenvalue weighted by molar-refractivity contribution is 7.92. The van der Waals surface area contributed by atoms with Crippen LogP contribution in [0.25, 0.3) is 0 Å². The zero-order valence-corrected chi connectivity index (χ0v) is 24.7. The number of alkyl carbamates (subject to hydrolysis) is 1. The van der Waals surface area contributed by atoms with Gasteiger partial charge in [-0.3, -0.25) is 24.1 Å². The minimum Gasteiger partial charge on any atom is -0.453 e. The molecule has 12 heteroatoms. The van der Waals surface area contributed by atoms with Gasteiger partial charge >= 0.3 is 6.09 Å². The summed E-state index contributed by atoms with van der Waals surface area (Å²) >= 11 is 1.30. The second-order valence-electron chi connectivity index (χ2n) is 10.3. The molecule has 2 N–H and O–H groups in total. The lowest BCUT2D eigenvalue weighted by molar-refractivity contribution is 0.0936. The zero-order valence-electron chi connectivity index (χ0n) is 23.1. The molecule has 41 heavy (non-hydrogen) atoms. The number of methoxy groups -OCH3 is 1. The lowest BCUT2D eigenvalue weighted by Crippen LogP contribution is -2.36. The summed E-state index contributed by atoms with van der Waals surface area (Å²) in [6, 6.07) is 13.5. The smallest absolute Gasteiger partial charge is 0.413 e. The van der Waals surface area contributed by atoms with Crippen LogP contribution in [0.2, 0.25) is 0 Å². The second-order valence-corrected chi connectivity index (χ2v) is 13.2. The molecule has 3 aromatic rings. The van der Waals surface area contributed by atoms with Crippen LogP contribution in [-0.2, 0) is 34.1 Å². The number of imide groups is 1. The normalized spacial score (nSPS) is 15.2. The number of fused-ring (bicyclic) bond motifs is 2. The Kier molecular flexibility index (Phi) is 8.16. The number of nitrogens with zero attached hydrogens (tertiary/aromatic N) is 2. The van der Waals surface area contributed by atoms with Crippen molar-refractivity contribution < 1.29 is 27.5 Å². The average molecular weight is 597 g/mol. The van der Waals surface area contributed by atoms with Crippen LogP contribution in [0.1, 0.15) is 57.0 Å². The number of rotatable bonds is 6. The molecule has 3 amide bonds. The van der Waals surface area contributed by atoms with Crippen LogP contribution in [0.15, 0.2) is 53.4 Å². The van der Waals surface area contributed by atoms with Crippen molar-refractivity contribution in [2.45, 2.75) is 50.6 Å². The van der Waals surface area contributed by atoms with Crippen LogP contribution >= 0.6 is 11.3 Å². The molecule has 1 aromatic heterocycles. The number of thiophene rings is 1. The highest BCUT2D eigenvalue weighted by Gasteiger charge is 2.31. The van der Waals surface area contributed by atoms with Crippen LogP contribution in [-0.4, -0.2) is 57.5 Å². The maximum atomic E-state index is 13.5. The molecule has 3 heterocycles. The number of carbonyl (C=O) groups excluding carboxylic acids is 3. The van der Waals surface area contributed by atoms with E-state index < -0.39 is 27.9 Å². The number of hydrogen-bond donors (Lipinski definition) is 2. The van der Waals surface area contributed by atoms with Crippen molar-refractivity contribution in [1.82, 2.24) is 10.2 Å². The van der Waals surface area contributed by atoms with E-state index in [1.54, 1.807) is 0 Å². The first-order chi connectivity index (χ1) is 19.6. The van der Waals surface area contributed by atoms with Crippen LogP contribution in [0.3, 0.4) is 0 Å². The lowest BCUT2D eigenvalue weighted by Gasteiger charge is -2.30. The third-order valence-corrected chi connectivity index (χ3v) is 10.4. The number of carbonyl (C=O) groups is 3. The lowest BCUT2D eigenvalue weighted by atomic mass is 10.0. The molecule has 0 fully saturated rings. The second kappa shape index (κ2) is 11.6. The zero-order chi connectivity index (χ0) is 29.3. The van der Waals surface area contributed by atoms with Crippen molar-refractivity contribution in [3.63, 3.8) is 0 Å². The standard InChI is InChI=1S/C29H32N4O6S2/c1-18(2)32-16-14-22-24(17-32)40-28(25(22)27(35)31-29(36)39-3)30-26(34)20-10-12-21(13-11-20)41(37,38)33-15-6-8-19-7-4-5-9-23(19)33/h4-5,7,9-13,18H,6,8,14-17H2,1-3H3,(H,30,34)(H,31,35,36). The van der Waals surface area contributed by atoms with Gasteiger partial charge in [-0.05, 0) is 74.6 Å². The molecule has 216 valence electrons. The highest BCUT2D eigenvalue weighted by atomic mass is 32.2. The SMILES string of the molecule is COC(=O)NC(=O)c1c(NC(=O)c2ccc(S(=O)(=O)N3CCCc4ccccc43)cc2)sc2c1CCN(C(C)C)C2. The van der Waals surface area contributed by atoms with E-state index in [0.717, 1.165) is 35.4 Å². The van der Waals surface area contributed by atoms with Crippen LogP contribution < -0.4 is 14.9 Å².